The third kappa shape index (κ3) is 5.35. The maximum Gasteiger partial charge on any atom is 0.238 e. The number of anilines is 2. The predicted molar refractivity (Wildman–Crippen MR) is 134 cm³/mol. The molecule has 180 valence electrons. The molecule has 2 aliphatic rings. The van der Waals surface area contributed by atoms with Gasteiger partial charge in [-0.3, -0.25) is 9.69 Å². The highest BCUT2D eigenvalue weighted by atomic mass is 35.5. The molecule has 1 fully saturated rings. The number of aromatic nitrogens is 1. The van der Waals surface area contributed by atoms with Gasteiger partial charge in [0, 0.05) is 48.9 Å². The Labute approximate surface area is 206 Å². The average Bonchev–Trinajstić information content (AvgIpc) is 2.79. The number of pyridine rings is 1. The van der Waals surface area contributed by atoms with E-state index in [9.17, 15) is 10.1 Å². The van der Waals surface area contributed by atoms with Crippen molar-refractivity contribution in [1.29, 1.82) is 5.26 Å². The minimum atomic E-state index is -0.304. The molecule has 0 atom stereocenters. The van der Waals surface area contributed by atoms with Crippen LogP contribution in [-0.4, -0.2) is 54.1 Å². The molecule has 0 unspecified atom stereocenters. The lowest BCUT2D eigenvalue weighted by Gasteiger charge is -2.38. The molecule has 8 heteroatoms. The van der Waals surface area contributed by atoms with Crippen molar-refractivity contribution in [2.24, 2.45) is 0 Å². The van der Waals surface area contributed by atoms with Gasteiger partial charge in [0.1, 0.15) is 11.9 Å². The molecule has 0 saturated carbocycles. The van der Waals surface area contributed by atoms with Gasteiger partial charge in [0.15, 0.2) is 0 Å². The summed E-state index contributed by atoms with van der Waals surface area (Å²) in [6.45, 7) is 12.1. The molecular weight excluding hydrogens is 450 g/mol. The maximum atomic E-state index is 12.5. The topological polar surface area (TPSA) is 81.5 Å². The van der Waals surface area contributed by atoms with Crippen molar-refractivity contribution in [3.63, 3.8) is 0 Å². The first-order chi connectivity index (χ1) is 16.2. The Balaban J connectivity index is 1.47. The number of fused-ring (bicyclic) bond motifs is 1. The first-order valence-corrected chi connectivity index (χ1v) is 12.2. The summed E-state index contributed by atoms with van der Waals surface area (Å²) in [7, 11) is 0. The normalized spacial score (nSPS) is 17.9. The van der Waals surface area contributed by atoms with Crippen LogP contribution in [0.25, 0.3) is 0 Å². The lowest BCUT2D eigenvalue weighted by Crippen LogP contribution is -2.49. The van der Waals surface area contributed by atoms with Crippen molar-refractivity contribution in [1.82, 2.24) is 9.88 Å². The fourth-order valence-corrected chi connectivity index (χ4v) is 4.78. The Morgan fingerprint density at radius 3 is 2.50 bits per heavy atom. The number of hydrogen-bond acceptors (Lipinski definition) is 6. The van der Waals surface area contributed by atoms with Crippen LogP contribution in [0.5, 0.6) is 0 Å². The lowest BCUT2D eigenvalue weighted by atomic mass is 9.86. The highest BCUT2D eigenvalue weighted by molar-refractivity contribution is 6.30. The van der Waals surface area contributed by atoms with E-state index in [1.165, 1.54) is 0 Å². The molecule has 2 aromatic rings. The predicted octanol–water partition coefficient (Wildman–Crippen LogP) is 4.34. The van der Waals surface area contributed by atoms with E-state index in [4.69, 9.17) is 21.3 Å². The summed E-state index contributed by atoms with van der Waals surface area (Å²) in [6, 6.07) is 9.55. The van der Waals surface area contributed by atoms with E-state index in [0.717, 1.165) is 41.4 Å². The first-order valence-electron chi connectivity index (χ1n) is 11.8. The van der Waals surface area contributed by atoms with Crippen LogP contribution in [0.1, 0.15) is 56.0 Å². The van der Waals surface area contributed by atoms with Crippen molar-refractivity contribution >= 4 is 29.0 Å². The summed E-state index contributed by atoms with van der Waals surface area (Å²) < 4.78 is 6.05. The Bertz CT molecular complexity index is 1100. The molecule has 1 saturated heterocycles. The van der Waals surface area contributed by atoms with Crippen LogP contribution in [0.15, 0.2) is 24.3 Å². The number of nitrogens with one attached hydrogen (secondary N) is 1. The number of carbonyl (C=O) groups is 1. The Kier molecular flexibility index (Phi) is 7.13. The zero-order valence-electron chi connectivity index (χ0n) is 20.3. The van der Waals surface area contributed by atoms with E-state index in [2.05, 4.69) is 48.9 Å². The molecule has 1 aromatic carbocycles. The maximum absolute atomic E-state index is 12.5. The van der Waals surface area contributed by atoms with Crippen LogP contribution in [0.2, 0.25) is 5.02 Å². The van der Waals surface area contributed by atoms with Gasteiger partial charge in [0.2, 0.25) is 5.91 Å². The molecule has 34 heavy (non-hydrogen) atoms. The fourth-order valence-electron chi connectivity index (χ4n) is 4.66. The number of benzene rings is 1. The third-order valence-electron chi connectivity index (χ3n) is 6.46. The number of halogens is 1. The number of hydrogen-bond donors (Lipinski definition) is 1. The Morgan fingerprint density at radius 1 is 1.21 bits per heavy atom. The van der Waals surface area contributed by atoms with Gasteiger partial charge >= 0.3 is 0 Å². The molecule has 0 bridgehead atoms. The van der Waals surface area contributed by atoms with E-state index >= 15 is 0 Å². The van der Waals surface area contributed by atoms with Crippen LogP contribution in [0.3, 0.4) is 0 Å². The van der Waals surface area contributed by atoms with Crippen molar-refractivity contribution in [2.75, 3.05) is 42.9 Å². The quantitative estimate of drug-likeness (QED) is 0.684. The van der Waals surface area contributed by atoms with Gasteiger partial charge in [-0.15, -0.1) is 0 Å². The Hall–Kier alpha value is -2.66. The van der Waals surface area contributed by atoms with E-state index in [1.807, 2.05) is 0 Å². The van der Waals surface area contributed by atoms with Gasteiger partial charge in [0.05, 0.1) is 30.0 Å². The van der Waals surface area contributed by atoms with Crippen molar-refractivity contribution in [3.05, 3.63) is 51.7 Å². The standard InChI is InChI=1S/C26H32ClN5O2/c1-17(2)24-22-16-34-26(3,4)13-20(22)21(14-28)25(30-24)32-11-9-31(10-12-32)15-23(33)29-19-7-5-18(27)6-8-19/h5-8,17H,9-13,15-16H2,1-4H3,(H,29,33). The van der Waals surface area contributed by atoms with Crippen LogP contribution in [0.4, 0.5) is 11.5 Å². The Morgan fingerprint density at radius 2 is 1.88 bits per heavy atom. The van der Waals surface area contributed by atoms with E-state index in [1.54, 1.807) is 24.3 Å². The monoisotopic (exact) mass is 481 g/mol. The molecule has 1 amide bonds. The summed E-state index contributed by atoms with van der Waals surface area (Å²) in [5.41, 5.74) is 4.28. The SMILES string of the molecule is CC(C)c1nc(N2CCN(CC(=O)Nc3ccc(Cl)cc3)CC2)c(C#N)c2c1COC(C)(C)C2. The van der Waals surface area contributed by atoms with Crippen molar-refractivity contribution in [3.8, 4) is 6.07 Å². The van der Waals surface area contributed by atoms with Gasteiger partial charge in [-0.25, -0.2) is 4.98 Å². The molecule has 0 radical (unpaired) electrons. The number of nitrogens with zero attached hydrogens (tertiary/aromatic N) is 4. The molecule has 2 aliphatic heterocycles. The highest BCUT2D eigenvalue weighted by Crippen LogP contribution is 2.37. The van der Waals surface area contributed by atoms with Crippen molar-refractivity contribution < 1.29 is 9.53 Å². The first kappa shape index (κ1) is 24.5. The summed E-state index contributed by atoms with van der Waals surface area (Å²) in [4.78, 5) is 21.8. The largest absolute Gasteiger partial charge is 0.370 e. The van der Waals surface area contributed by atoms with Gasteiger partial charge in [0.25, 0.3) is 0 Å². The minimum absolute atomic E-state index is 0.0512. The molecule has 1 aromatic heterocycles. The zero-order chi connectivity index (χ0) is 24.5. The minimum Gasteiger partial charge on any atom is -0.370 e. The average molecular weight is 482 g/mol. The molecule has 7 nitrogen and oxygen atoms in total. The summed E-state index contributed by atoms with van der Waals surface area (Å²) in [6.07, 6.45) is 0.700. The van der Waals surface area contributed by atoms with E-state index < -0.39 is 0 Å². The number of rotatable bonds is 5. The summed E-state index contributed by atoms with van der Waals surface area (Å²) >= 11 is 5.91. The molecule has 3 heterocycles. The molecule has 1 N–H and O–H groups in total. The van der Waals surface area contributed by atoms with Crippen LogP contribution < -0.4 is 10.2 Å². The highest BCUT2D eigenvalue weighted by Gasteiger charge is 2.34. The summed E-state index contributed by atoms with van der Waals surface area (Å²) in [5, 5.41) is 13.7. The van der Waals surface area contributed by atoms with Gasteiger partial charge in [-0.2, -0.15) is 5.26 Å². The number of carbonyl (C=O) groups excluding carboxylic acids is 1. The number of ether oxygens (including phenoxy) is 1. The third-order valence-corrected chi connectivity index (χ3v) is 6.71. The zero-order valence-corrected chi connectivity index (χ0v) is 21.1. The van der Waals surface area contributed by atoms with Gasteiger partial charge in [-0.05, 0) is 49.6 Å². The fraction of sp³-hybridized carbons (Fsp3) is 0.500. The molecule has 4 rings (SSSR count). The number of piperazine rings is 1. The van der Waals surface area contributed by atoms with Crippen LogP contribution in [-0.2, 0) is 22.6 Å². The number of nitriles is 1. The second kappa shape index (κ2) is 9.91. The second-order valence-electron chi connectivity index (χ2n) is 9.96. The van der Waals surface area contributed by atoms with Crippen LogP contribution in [0, 0.1) is 11.3 Å². The van der Waals surface area contributed by atoms with Crippen molar-refractivity contribution in [2.45, 2.75) is 52.2 Å². The molecule has 0 spiro atoms. The summed E-state index contributed by atoms with van der Waals surface area (Å²) in [5.74, 6) is 0.959. The van der Waals surface area contributed by atoms with Gasteiger partial charge < -0.3 is 15.0 Å². The van der Waals surface area contributed by atoms with E-state index in [-0.39, 0.29) is 17.4 Å². The van der Waals surface area contributed by atoms with Crippen LogP contribution >= 0.6 is 11.6 Å². The second-order valence-corrected chi connectivity index (χ2v) is 10.4. The smallest absolute Gasteiger partial charge is 0.238 e. The number of amides is 1. The van der Waals surface area contributed by atoms with E-state index in [0.29, 0.717) is 43.2 Å². The molecular formula is C26H32ClN5O2. The molecule has 0 aliphatic carbocycles. The van der Waals surface area contributed by atoms with Gasteiger partial charge in [-0.1, -0.05) is 25.4 Å². The lowest BCUT2D eigenvalue weighted by molar-refractivity contribution is -0.117.